The molecule has 0 bridgehead atoms. The first-order valence-corrected chi connectivity index (χ1v) is 8.57. The Balaban J connectivity index is 3.03. The zero-order valence-electron chi connectivity index (χ0n) is 15.9. The highest BCUT2D eigenvalue weighted by molar-refractivity contribution is 5.68. The van der Waals surface area contributed by atoms with Gasteiger partial charge in [-0.1, -0.05) is 19.9 Å². The molecule has 0 heterocycles. The molecule has 136 valence electrons. The van der Waals surface area contributed by atoms with Crippen LogP contribution in [-0.4, -0.2) is 24.9 Å². The monoisotopic (exact) mass is 337 g/mol. The highest BCUT2D eigenvalue weighted by atomic mass is 16.6. The molecule has 1 N–H and O–H groups in total. The molecule has 0 spiro atoms. The van der Waals surface area contributed by atoms with E-state index >= 15 is 0 Å². The van der Waals surface area contributed by atoms with E-state index in [2.05, 4.69) is 19.2 Å². The summed E-state index contributed by atoms with van der Waals surface area (Å²) in [6, 6.07) is 5.59. The Bertz CT molecular complexity index is 535. The van der Waals surface area contributed by atoms with Gasteiger partial charge in [-0.25, -0.2) is 4.79 Å². The zero-order chi connectivity index (χ0) is 18.3. The molecule has 5 nitrogen and oxygen atoms in total. The summed E-state index contributed by atoms with van der Waals surface area (Å²) in [4.78, 5) is 12.1. The van der Waals surface area contributed by atoms with Crippen LogP contribution in [0.5, 0.6) is 11.5 Å². The number of carbonyl (C=O) groups is 1. The van der Waals surface area contributed by atoms with Crippen molar-refractivity contribution in [3.05, 3.63) is 23.8 Å². The van der Waals surface area contributed by atoms with E-state index in [1.807, 2.05) is 52.8 Å². The summed E-state index contributed by atoms with van der Waals surface area (Å²) in [5.41, 5.74) is 0.434. The summed E-state index contributed by atoms with van der Waals surface area (Å²) in [7, 11) is 0. The van der Waals surface area contributed by atoms with E-state index < -0.39 is 11.7 Å². The lowest BCUT2D eigenvalue weighted by molar-refractivity contribution is 0.0489. The van der Waals surface area contributed by atoms with Crippen molar-refractivity contribution >= 4 is 6.09 Å². The number of rotatable bonds is 7. The number of hydrogen-bond donors (Lipinski definition) is 1. The molecule has 5 heteroatoms. The van der Waals surface area contributed by atoms with Crippen LogP contribution in [0.4, 0.5) is 4.79 Å². The predicted octanol–water partition coefficient (Wildman–Crippen LogP) is 4.71. The fraction of sp³-hybridized carbons (Fsp3) is 0.632. The first kappa shape index (κ1) is 20.1. The van der Waals surface area contributed by atoms with Gasteiger partial charge in [0.05, 0.1) is 19.3 Å². The van der Waals surface area contributed by atoms with Gasteiger partial charge < -0.3 is 19.5 Å². The van der Waals surface area contributed by atoms with E-state index in [0.29, 0.717) is 24.7 Å². The maximum atomic E-state index is 12.1. The molecule has 1 aromatic rings. The Morgan fingerprint density at radius 1 is 1.08 bits per heavy atom. The highest BCUT2D eigenvalue weighted by Crippen LogP contribution is 2.33. The average Bonchev–Trinajstić information content (AvgIpc) is 2.45. The van der Waals surface area contributed by atoms with Gasteiger partial charge in [-0.2, -0.15) is 0 Å². The maximum Gasteiger partial charge on any atom is 0.408 e. The Hall–Kier alpha value is -1.91. The molecule has 0 aromatic heterocycles. The smallest absolute Gasteiger partial charge is 0.408 e. The number of nitrogens with one attached hydrogen (secondary N) is 1. The molecule has 0 unspecified atom stereocenters. The standard InChI is InChI=1S/C19H31NO4/c1-8-22-15-11-10-14(12-16(15)23-9-2)17(13(3)4)20-18(21)24-19(5,6)7/h10-13,17H,8-9H2,1-7H3,(H,20,21)/t17-/m0/s1. The van der Waals surface area contributed by atoms with Crippen LogP contribution in [0.2, 0.25) is 0 Å². The van der Waals surface area contributed by atoms with E-state index in [1.54, 1.807) is 0 Å². The van der Waals surface area contributed by atoms with Crippen molar-refractivity contribution in [1.82, 2.24) is 5.32 Å². The highest BCUT2D eigenvalue weighted by Gasteiger charge is 2.23. The quantitative estimate of drug-likeness (QED) is 0.783. The number of ether oxygens (including phenoxy) is 3. The summed E-state index contributed by atoms with van der Waals surface area (Å²) < 4.78 is 16.6. The van der Waals surface area contributed by atoms with Gasteiger partial charge in [-0.15, -0.1) is 0 Å². The summed E-state index contributed by atoms with van der Waals surface area (Å²) in [6.07, 6.45) is -0.423. The molecule has 1 atom stereocenters. The van der Waals surface area contributed by atoms with Gasteiger partial charge in [0.2, 0.25) is 0 Å². The second-order valence-corrected chi connectivity index (χ2v) is 6.94. The van der Waals surface area contributed by atoms with Crippen molar-refractivity contribution in [2.75, 3.05) is 13.2 Å². The number of alkyl carbamates (subject to hydrolysis) is 1. The molecular formula is C19H31NO4. The molecule has 0 fully saturated rings. The van der Waals surface area contributed by atoms with E-state index in [-0.39, 0.29) is 12.0 Å². The molecule has 1 rings (SSSR count). The van der Waals surface area contributed by atoms with Crippen LogP contribution in [0.15, 0.2) is 18.2 Å². The molecule has 0 aliphatic carbocycles. The molecule has 24 heavy (non-hydrogen) atoms. The van der Waals surface area contributed by atoms with Gasteiger partial charge in [0, 0.05) is 0 Å². The normalized spacial score (nSPS) is 12.7. The minimum Gasteiger partial charge on any atom is -0.490 e. The molecule has 0 saturated heterocycles. The minimum absolute atomic E-state index is 0.172. The topological polar surface area (TPSA) is 56.8 Å². The van der Waals surface area contributed by atoms with Gasteiger partial charge in [0.15, 0.2) is 11.5 Å². The van der Waals surface area contributed by atoms with Gasteiger partial charge >= 0.3 is 6.09 Å². The van der Waals surface area contributed by atoms with Gasteiger partial charge in [-0.05, 0) is 58.2 Å². The minimum atomic E-state index is -0.527. The third kappa shape index (κ3) is 6.30. The molecule has 0 saturated carbocycles. The Morgan fingerprint density at radius 3 is 2.17 bits per heavy atom. The van der Waals surface area contributed by atoms with E-state index in [0.717, 1.165) is 5.56 Å². The number of hydrogen-bond acceptors (Lipinski definition) is 4. The van der Waals surface area contributed by atoms with E-state index in [4.69, 9.17) is 14.2 Å². The number of amides is 1. The van der Waals surface area contributed by atoms with Crippen LogP contribution in [-0.2, 0) is 4.74 Å². The number of carbonyl (C=O) groups excluding carboxylic acids is 1. The lowest BCUT2D eigenvalue weighted by Gasteiger charge is -2.26. The Morgan fingerprint density at radius 2 is 1.67 bits per heavy atom. The van der Waals surface area contributed by atoms with Crippen LogP contribution in [0.1, 0.15) is 60.1 Å². The van der Waals surface area contributed by atoms with Crippen LogP contribution >= 0.6 is 0 Å². The maximum absolute atomic E-state index is 12.1. The summed E-state index contributed by atoms with van der Waals surface area (Å²) >= 11 is 0. The van der Waals surface area contributed by atoms with Crippen molar-refractivity contribution in [1.29, 1.82) is 0 Å². The van der Waals surface area contributed by atoms with Crippen LogP contribution in [0.3, 0.4) is 0 Å². The summed E-state index contributed by atoms with van der Waals surface area (Å²) in [5, 5.41) is 2.95. The lowest BCUT2D eigenvalue weighted by Crippen LogP contribution is -2.36. The lowest BCUT2D eigenvalue weighted by atomic mass is 9.96. The fourth-order valence-corrected chi connectivity index (χ4v) is 2.33. The third-order valence-electron chi connectivity index (χ3n) is 3.27. The van der Waals surface area contributed by atoms with Gasteiger partial charge in [-0.3, -0.25) is 0 Å². The molecule has 1 aromatic carbocycles. The molecular weight excluding hydrogens is 306 g/mol. The predicted molar refractivity (Wildman–Crippen MR) is 95.7 cm³/mol. The zero-order valence-corrected chi connectivity index (χ0v) is 15.9. The first-order chi connectivity index (χ1) is 11.2. The van der Waals surface area contributed by atoms with Crippen LogP contribution in [0, 0.1) is 5.92 Å². The van der Waals surface area contributed by atoms with Crippen molar-refractivity contribution < 1.29 is 19.0 Å². The van der Waals surface area contributed by atoms with Crippen molar-refractivity contribution in [3.63, 3.8) is 0 Å². The van der Waals surface area contributed by atoms with E-state index in [9.17, 15) is 4.79 Å². The third-order valence-corrected chi connectivity index (χ3v) is 3.27. The number of benzene rings is 1. The molecule has 0 aliphatic heterocycles. The van der Waals surface area contributed by atoms with Crippen molar-refractivity contribution in [3.8, 4) is 11.5 Å². The largest absolute Gasteiger partial charge is 0.490 e. The fourth-order valence-electron chi connectivity index (χ4n) is 2.33. The summed E-state index contributed by atoms with van der Waals surface area (Å²) in [6.45, 7) is 14.6. The molecule has 1 amide bonds. The molecule has 0 aliphatic rings. The van der Waals surface area contributed by atoms with Gasteiger partial charge in [0.25, 0.3) is 0 Å². The van der Waals surface area contributed by atoms with Gasteiger partial charge in [0.1, 0.15) is 5.60 Å². The second kappa shape index (κ2) is 8.81. The van der Waals surface area contributed by atoms with E-state index in [1.165, 1.54) is 0 Å². The van der Waals surface area contributed by atoms with Crippen molar-refractivity contribution in [2.24, 2.45) is 5.92 Å². The SMILES string of the molecule is CCOc1ccc([C@@H](NC(=O)OC(C)(C)C)C(C)C)cc1OCC. The first-order valence-electron chi connectivity index (χ1n) is 8.57. The molecule has 0 radical (unpaired) electrons. The average molecular weight is 337 g/mol. The Kier molecular flexibility index (Phi) is 7.39. The summed E-state index contributed by atoms with van der Waals surface area (Å²) in [5.74, 6) is 1.60. The van der Waals surface area contributed by atoms with Crippen molar-refractivity contribution in [2.45, 2.75) is 60.1 Å². The van der Waals surface area contributed by atoms with Crippen LogP contribution < -0.4 is 14.8 Å². The van der Waals surface area contributed by atoms with Crippen LogP contribution in [0.25, 0.3) is 0 Å². The Labute approximate surface area is 145 Å². The second-order valence-electron chi connectivity index (χ2n) is 6.94.